The Bertz CT molecular complexity index is 494. The first-order valence-electron chi connectivity index (χ1n) is 3.90. The number of aromatic nitrogens is 4. The van der Waals surface area contributed by atoms with E-state index >= 15 is 0 Å². The summed E-state index contributed by atoms with van der Waals surface area (Å²) >= 11 is 4.02. The summed E-state index contributed by atoms with van der Waals surface area (Å²) in [4.78, 5) is 9.94. The molecule has 0 fully saturated rings. The maximum absolute atomic E-state index is 10.4. The zero-order valence-corrected chi connectivity index (χ0v) is 8.20. The summed E-state index contributed by atoms with van der Waals surface area (Å²) in [6.07, 6.45) is 0. The smallest absolute Gasteiger partial charge is 0.258 e. The van der Waals surface area contributed by atoms with Crippen molar-refractivity contribution in [2.24, 2.45) is 0 Å². The molecule has 0 amide bonds. The molecule has 0 spiro atoms. The third-order valence-corrected chi connectivity index (χ3v) is 2.04. The third-order valence-electron chi connectivity index (χ3n) is 1.76. The van der Waals surface area contributed by atoms with Gasteiger partial charge in [0.25, 0.3) is 5.69 Å². The topological polar surface area (TPSA) is 86.7 Å². The molecule has 0 saturated heterocycles. The lowest BCUT2D eigenvalue weighted by Crippen LogP contribution is -1.97. The Morgan fingerprint density at radius 1 is 1.33 bits per heavy atom. The van der Waals surface area contributed by atoms with E-state index in [2.05, 4.69) is 28.2 Å². The number of nitrogens with zero attached hydrogens (tertiary/aromatic N) is 5. The van der Waals surface area contributed by atoms with Gasteiger partial charge in [-0.25, -0.2) is 0 Å². The molecule has 1 aromatic heterocycles. The molecular weight excluding hydrogens is 218 g/mol. The van der Waals surface area contributed by atoms with Crippen molar-refractivity contribution in [1.82, 2.24) is 20.2 Å². The van der Waals surface area contributed by atoms with Crippen molar-refractivity contribution < 1.29 is 4.92 Å². The van der Waals surface area contributed by atoms with Crippen LogP contribution in [0.3, 0.4) is 0 Å². The highest BCUT2D eigenvalue weighted by atomic mass is 32.1. The van der Waals surface area contributed by atoms with Crippen LogP contribution in [0.5, 0.6) is 0 Å². The van der Waals surface area contributed by atoms with Gasteiger partial charge < -0.3 is 0 Å². The van der Waals surface area contributed by atoms with E-state index in [1.54, 1.807) is 12.1 Å². The summed E-state index contributed by atoms with van der Waals surface area (Å²) in [5, 5.41) is 21.4. The highest BCUT2D eigenvalue weighted by Crippen LogP contribution is 2.15. The van der Waals surface area contributed by atoms with E-state index < -0.39 is 4.92 Å². The van der Waals surface area contributed by atoms with Gasteiger partial charge in [0.2, 0.25) is 5.16 Å². The molecule has 76 valence electrons. The number of nitro benzene ring substituents is 1. The summed E-state index contributed by atoms with van der Waals surface area (Å²) in [6, 6.07) is 5.86. The summed E-state index contributed by atoms with van der Waals surface area (Å²) in [6.45, 7) is 0. The van der Waals surface area contributed by atoms with Gasteiger partial charge in [-0.1, -0.05) is 0 Å². The summed E-state index contributed by atoms with van der Waals surface area (Å²) in [5.74, 6) is 0. The number of hydrogen-bond donors (Lipinski definition) is 1. The standard InChI is InChI=1S/C7H5N5O2S/c13-12(14)6-3-1-5(2-4-6)11-7(15)8-9-10-11/h1-4H,(H,8,10,15). The normalized spacial score (nSPS) is 10.2. The molecule has 8 heteroatoms. The van der Waals surface area contributed by atoms with Crippen LogP contribution in [-0.4, -0.2) is 25.1 Å². The van der Waals surface area contributed by atoms with Crippen molar-refractivity contribution in [3.8, 4) is 5.69 Å². The molecule has 2 rings (SSSR count). The van der Waals surface area contributed by atoms with Crippen LogP contribution in [0, 0.1) is 10.1 Å². The molecule has 7 nitrogen and oxygen atoms in total. The minimum absolute atomic E-state index is 0.0209. The van der Waals surface area contributed by atoms with Gasteiger partial charge in [-0.2, -0.15) is 4.68 Å². The van der Waals surface area contributed by atoms with Gasteiger partial charge in [0, 0.05) is 12.1 Å². The van der Waals surface area contributed by atoms with E-state index in [9.17, 15) is 10.1 Å². The summed E-state index contributed by atoms with van der Waals surface area (Å²) < 4.78 is 1.37. The molecule has 0 saturated carbocycles. The Hall–Kier alpha value is -1.96. The fourth-order valence-corrected chi connectivity index (χ4v) is 1.26. The number of hydrogen-bond acceptors (Lipinski definition) is 6. The van der Waals surface area contributed by atoms with E-state index in [0.717, 1.165) is 0 Å². The van der Waals surface area contributed by atoms with Gasteiger partial charge >= 0.3 is 0 Å². The number of tetrazole rings is 1. The van der Waals surface area contributed by atoms with Crippen molar-refractivity contribution in [2.45, 2.75) is 5.16 Å². The highest BCUT2D eigenvalue weighted by molar-refractivity contribution is 7.80. The Kier molecular flexibility index (Phi) is 2.34. The van der Waals surface area contributed by atoms with Crippen molar-refractivity contribution in [3.63, 3.8) is 0 Å². The third kappa shape index (κ3) is 1.79. The molecule has 2 aromatic rings. The van der Waals surface area contributed by atoms with E-state index in [1.807, 2.05) is 0 Å². The van der Waals surface area contributed by atoms with Crippen LogP contribution in [0.15, 0.2) is 29.4 Å². The minimum atomic E-state index is -0.467. The lowest BCUT2D eigenvalue weighted by Gasteiger charge is -1.99. The van der Waals surface area contributed by atoms with E-state index in [0.29, 0.717) is 10.8 Å². The Balaban J connectivity index is 2.40. The number of thiol groups is 1. The maximum Gasteiger partial charge on any atom is 0.269 e. The van der Waals surface area contributed by atoms with Gasteiger partial charge in [0.1, 0.15) is 0 Å². The fourth-order valence-electron chi connectivity index (χ4n) is 1.07. The number of rotatable bonds is 2. The van der Waals surface area contributed by atoms with Crippen molar-refractivity contribution in [2.75, 3.05) is 0 Å². The van der Waals surface area contributed by atoms with Gasteiger partial charge in [0.15, 0.2) is 0 Å². The monoisotopic (exact) mass is 223 g/mol. The Morgan fingerprint density at radius 3 is 2.47 bits per heavy atom. The second kappa shape index (κ2) is 3.65. The molecule has 0 unspecified atom stereocenters. The molecule has 1 heterocycles. The van der Waals surface area contributed by atoms with Crippen LogP contribution < -0.4 is 0 Å². The zero-order chi connectivity index (χ0) is 10.8. The first-order valence-corrected chi connectivity index (χ1v) is 4.35. The molecule has 0 aliphatic heterocycles. The van der Waals surface area contributed by atoms with Crippen LogP contribution >= 0.6 is 12.6 Å². The SMILES string of the molecule is O=[N+]([O-])c1ccc(-n2nnnc2S)cc1. The lowest BCUT2D eigenvalue weighted by atomic mass is 10.3. The molecule has 1 aromatic carbocycles. The molecule has 0 atom stereocenters. The van der Waals surface area contributed by atoms with E-state index in [4.69, 9.17) is 0 Å². The predicted molar refractivity (Wildman–Crippen MR) is 53.1 cm³/mol. The summed E-state index contributed by atoms with van der Waals surface area (Å²) in [5.41, 5.74) is 0.642. The van der Waals surface area contributed by atoms with Gasteiger partial charge in [-0.15, -0.1) is 17.7 Å². The van der Waals surface area contributed by atoms with Crippen LogP contribution in [0.25, 0.3) is 5.69 Å². The Labute approximate surface area is 89.3 Å². The first-order chi connectivity index (χ1) is 7.18. The van der Waals surface area contributed by atoms with Crippen molar-refractivity contribution in [3.05, 3.63) is 34.4 Å². The lowest BCUT2D eigenvalue weighted by molar-refractivity contribution is -0.384. The van der Waals surface area contributed by atoms with Crippen LogP contribution in [-0.2, 0) is 0 Å². The highest BCUT2D eigenvalue weighted by Gasteiger charge is 2.07. The second-order valence-corrected chi connectivity index (χ2v) is 3.06. The van der Waals surface area contributed by atoms with E-state index in [-0.39, 0.29) is 5.69 Å². The molecule has 15 heavy (non-hydrogen) atoms. The zero-order valence-electron chi connectivity index (χ0n) is 7.31. The average Bonchev–Trinajstić information content (AvgIpc) is 2.65. The minimum Gasteiger partial charge on any atom is -0.258 e. The first kappa shape index (κ1) is 9.59. The maximum atomic E-state index is 10.4. The largest absolute Gasteiger partial charge is 0.269 e. The number of benzene rings is 1. The van der Waals surface area contributed by atoms with E-state index in [1.165, 1.54) is 16.8 Å². The summed E-state index contributed by atoms with van der Waals surface area (Å²) in [7, 11) is 0. The van der Waals surface area contributed by atoms with Crippen LogP contribution in [0.2, 0.25) is 0 Å². The van der Waals surface area contributed by atoms with Crippen molar-refractivity contribution in [1.29, 1.82) is 0 Å². The quantitative estimate of drug-likeness (QED) is 0.463. The van der Waals surface area contributed by atoms with Gasteiger partial charge in [-0.3, -0.25) is 10.1 Å². The molecule has 0 bridgehead atoms. The molecule has 0 radical (unpaired) electrons. The van der Waals surface area contributed by atoms with Crippen LogP contribution in [0.4, 0.5) is 5.69 Å². The average molecular weight is 223 g/mol. The molecule has 0 aliphatic rings. The second-order valence-electron chi connectivity index (χ2n) is 2.66. The molecule has 0 N–H and O–H groups in total. The van der Waals surface area contributed by atoms with Gasteiger partial charge in [-0.05, 0) is 22.6 Å². The fraction of sp³-hybridized carbons (Fsp3) is 0. The number of non-ortho nitro benzene ring substituents is 1. The van der Waals surface area contributed by atoms with Crippen LogP contribution in [0.1, 0.15) is 0 Å². The van der Waals surface area contributed by atoms with Crippen molar-refractivity contribution >= 4 is 18.3 Å². The molecule has 0 aliphatic carbocycles. The predicted octanol–water partition coefficient (Wildman–Crippen LogP) is 0.859. The van der Waals surface area contributed by atoms with Gasteiger partial charge in [0.05, 0.1) is 10.6 Å². The Morgan fingerprint density at radius 2 is 2.00 bits per heavy atom. The molecular formula is C7H5N5O2S. The number of nitro groups is 1.